The van der Waals surface area contributed by atoms with Crippen LogP contribution in [0.2, 0.25) is 0 Å². The fraction of sp³-hybridized carbons (Fsp3) is 0.0714. The van der Waals surface area contributed by atoms with E-state index in [4.69, 9.17) is 0 Å². The van der Waals surface area contributed by atoms with Gasteiger partial charge in [0.05, 0.1) is 5.39 Å². The van der Waals surface area contributed by atoms with Gasteiger partial charge in [0.1, 0.15) is 0 Å². The molecule has 0 saturated carbocycles. The zero-order valence-electron chi connectivity index (χ0n) is 10.1. The van der Waals surface area contributed by atoms with Crippen molar-refractivity contribution in [1.82, 2.24) is 0 Å². The van der Waals surface area contributed by atoms with Gasteiger partial charge in [0.2, 0.25) is 11.3 Å². The number of aryl methyl sites for hydroxylation is 1. The predicted molar refractivity (Wildman–Crippen MR) is 66.8 cm³/mol. The molecule has 0 aliphatic rings. The van der Waals surface area contributed by atoms with Crippen molar-refractivity contribution in [3.05, 3.63) is 42.2 Å². The Morgan fingerprint density at radius 1 is 1.05 bits per heavy atom. The van der Waals surface area contributed by atoms with E-state index < -0.39 is 5.75 Å². The van der Waals surface area contributed by atoms with Gasteiger partial charge >= 0.3 is 0 Å². The van der Waals surface area contributed by atoms with Gasteiger partial charge in [-0.05, 0) is 19.1 Å². The summed E-state index contributed by atoms with van der Waals surface area (Å²) in [6.07, 6.45) is 3.69. The molecule has 0 aliphatic heterocycles. The van der Waals surface area contributed by atoms with Crippen LogP contribution >= 0.6 is 0 Å². The number of aromatic hydroxyl groups is 3. The summed E-state index contributed by atoms with van der Waals surface area (Å²) in [7, 11) is 0. The van der Waals surface area contributed by atoms with Crippen LogP contribution in [0.15, 0.2) is 36.7 Å². The Morgan fingerprint density at radius 3 is 2.53 bits per heavy atom. The molecule has 19 heavy (non-hydrogen) atoms. The largest absolute Gasteiger partial charge is 1.00 e. The number of aromatic nitrogens is 1. The molecule has 0 saturated heterocycles. The summed E-state index contributed by atoms with van der Waals surface area (Å²) in [6.45, 7) is 1.87. The molecule has 0 fully saturated rings. The van der Waals surface area contributed by atoms with Crippen LogP contribution in [0.3, 0.4) is 0 Å². The molecule has 0 aliphatic carbocycles. The van der Waals surface area contributed by atoms with Gasteiger partial charge in [-0.3, -0.25) is 0 Å². The highest BCUT2D eigenvalue weighted by molar-refractivity contribution is 5.96. The zero-order chi connectivity index (χ0) is 12.9. The molecule has 98 valence electrons. The minimum absolute atomic E-state index is 0. The van der Waals surface area contributed by atoms with E-state index in [1.165, 1.54) is 6.07 Å². The zero-order valence-corrected chi connectivity index (χ0v) is 11.7. The molecule has 3 rings (SSSR count). The van der Waals surface area contributed by atoms with Gasteiger partial charge in [0, 0.05) is 23.1 Å². The summed E-state index contributed by atoms with van der Waals surface area (Å²) in [4.78, 5) is 0. The maximum atomic E-state index is 9.96. The van der Waals surface area contributed by atoms with E-state index in [9.17, 15) is 15.3 Å². The second-order valence-corrected chi connectivity index (χ2v) is 4.30. The van der Waals surface area contributed by atoms with E-state index in [1.54, 1.807) is 6.20 Å². The lowest BCUT2D eigenvalue weighted by molar-refractivity contribution is -0.510. The van der Waals surface area contributed by atoms with Gasteiger partial charge in [-0.15, -0.1) is 0 Å². The lowest BCUT2D eigenvalue weighted by Crippen LogP contribution is -3.00. The number of fused-ring (bicyclic) bond motifs is 2. The highest BCUT2D eigenvalue weighted by Crippen LogP contribution is 2.42. The van der Waals surface area contributed by atoms with Gasteiger partial charge in [0.25, 0.3) is 0 Å². The van der Waals surface area contributed by atoms with Gasteiger partial charge in [-0.1, -0.05) is 0 Å². The van der Waals surface area contributed by atoms with E-state index in [0.717, 1.165) is 11.1 Å². The number of rotatable bonds is 0. The number of benzene rings is 1. The third kappa shape index (κ3) is 1.86. The molecule has 5 heteroatoms. The summed E-state index contributed by atoms with van der Waals surface area (Å²) in [5.41, 5.74) is 1.78. The van der Waals surface area contributed by atoms with Crippen molar-refractivity contribution in [3.8, 4) is 17.2 Å². The molecule has 0 radical (unpaired) electrons. The topological polar surface area (TPSA) is 64.8 Å². The van der Waals surface area contributed by atoms with Gasteiger partial charge in [-0.2, -0.15) is 4.40 Å². The van der Waals surface area contributed by atoms with E-state index in [2.05, 4.69) is 0 Å². The summed E-state index contributed by atoms with van der Waals surface area (Å²) in [5, 5.41) is 30.3. The van der Waals surface area contributed by atoms with E-state index in [0.29, 0.717) is 10.8 Å². The van der Waals surface area contributed by atoms with Gasteiger partial charge < -0.3 is 32.3 Å². The molecule has 0 spiro atoms. The molecular formula is C14H12BrNO3. The molecule has 2 heterocycles. The highest BCUT2D eigenvalue weighted by atomic mass is 79.9. The Morgan fingerprint density at radius 2 is 1.79 bits per heavy atom. The van der Waals surface area contributed by atoms with Crippen LogP contribution in [0.4, 0.5) is 0 Å². The number of pyridine rings is 2. The fourth-order valence-electron chi connectivity index (χ4n) is 2.32. The van der Waals surface area contributed by atoms with Crippen LogP contribution in [-0.2, 0) is 0 Å². The minimum atomic E-state index is -0.481. The average Bonchev–Trinajstić information content (AvgIpc) is 2.36. The molecule has 0 unspecified atom stereocenters. The van der Waals surface area contributed by atoms with Crippen LogP contribution < -0.4 is 21.4 Å². The lowest BCUT2D eigenvalue weighted by Gasteiger charge is -2.07. The Bertz CT molecular complexity index is 787. The van der Waals surface area contributed by atoms with E-state index in [1.807, 2.05) is 35.7 Å². The summed E-state index contributed by atoms with van der Waals surface area (Å²) in [5.74, 6) is -1.09. The van der Waals surface area contributed by atoms with Crippen molar-refractivity contribution in [1.29, 1.82) is 0 Å². The number of halogens is 1. The predicted octanol–water partition coefficient (Wildman–Crippen LogP) is -0.992. The van der Waals surface area contributed by atoms with Crippen molar-refractivity contribution < 1.29 is 36.7 Å². The highest BCUT2D eigenvalue weighted by Gasteiger charge is 2.18. The average molecular weight is 322 g/mol. The van der Waals surface area contributed by atoms with E-state index in [-0.39, 0.29) is 28.5 Å². The Labute approximate surface area is 120 Å². The second-order valence-electron chi connectivity index (χ2n) is 4.30. The molecule has 0 amide bonds. The molecule has 0 atom stereocenters. The number of hydrogen-bond acceptors (Lipinski definition) is 3. The van der Waals surface area contributed by atoms with Crippen molar-refractivity contribution in [3.63, 3.8) is 0 Å². The Hall–Kier alpha value is -2.01. The number of nitrogens with zero attached hydrogens (tertiary/aromatic N) is 1. The third-order valence-electron chi connectivity index (χ3n) is 3.21. The van der Waals surface area contributed by atoms with Crippen molar-refractivity contribution >= 4 is 16.3 Å². The molecule has 4 nitrogen and oxygen atoms in total. The van der Waals surface area contributed by atoms with Crippen LogP contribution in [0, 0.1) is 6.92 Å². The first kappa shape index (κ1) is 13.4. The monoisotopic (exact) mass is 321 g/mol. The molecular weight excluding hydrogens is 310 g/mol. The number of phenolic OH excluding ortho intramolecular Hbond substituents is 3. The standard InChI is InChI=1S/C14H11NO3.BrH/c1-8-10-4-2-3-5-15(10)7-9-6-11(16)13(17)14(18)12(8)9;/h2-7,16,18H,1H3;1H. The first-order valence-corrected chi connectivity index (χ1v) is 5.57. The molecule has 0 bridgehead atoms. The minimum Gasteiger partial charge on any atom is -1.00 e. The molecule has 3 aromatic rings. The van der Waals surface area contributed by atoms with Crippen molar-refractivity contribution in [2.75, 3.05) is 0 Å². The molecule has 1 aromatic carbocycles. The van der Waals surface area contributed by atoms with E-state index >= 15 is 0 Å². The first-order valence-electron chi connectivity index (χ1n) is 5.57. The van der Waals surface area contributed by atoms with Crippen LogP contribution in [-0.4, -0.2) is 15.3 Å². The summed E-state index contributed by atoms with van der Waals surface area (Å²) < 4.78 is 1.91. The normalized spacial score (nSPS) is 10.6. The Balaban J connectivity index is 0.00000133. The van der Waals surface area contributed by atoms with Gasteiger partial charge in [0.15, 0.2) is 23.9 Å². The maximum absolute atomic E-state index is 9.96. The van der Waals surface area contributed by atoms with Gasteiger partial charge in [-0.25, -0.2) is 0 Å². The lowest BCUT2D eigenvalue weighted by atomic mass is 10.0. The SMILES string of the molecule is Cc1c2c(O)c(O)c(O)cc2c[n+]2ccccc12.[Br-]. The quantitative estimate of drug-likeness (QED) is 0.283. The summed E-state index contributed by atoms with van der Waals surface area (Å²) >= 11 is 0. The number of phenols is 3. The van der Waals surface area contributed by atoms with Crippen LogP contribution in [0.1, 0.15) is 5.56 Å². The molecule has 2 aromatic heterocycles. The summed E-state index contributed by atoms with van der Waals surface area (Å²) in [6, 6.07) is 7.18. The smallest absolute Gasteiger partial charge is 0.214 e. The Kier molecular flexibility index (Phi) is 3.24. The third-order valence-corrected chi connectivity index (χ3v) is 3.21. The molecule has 3 N–H and O–H groups in total. The van der Waals surface area contributed by atoms with Crippen LogP contribution in [0.5, 0.6) is 17.2 Å². The van der Waals surface area contributed by atoms with Crippen LogP contribution in [0.25, 0.3) is 16.3 Å². The maximum Gasteiger partial charge on any atom is 0.214 e. The van der Waals surface area contributed by atoms with Crippen molar-refractivity contribution in [2.24, 2.45) is 0 Å². The first-order chi connectivity index (χ1) is 8.59. The fourth-order valence-corrected chi connectivity index (χ4v) is 2.32. The number of hydrogen-bond donors (Lipinski definition) is 3. The second kappa shape index (κ2) is 4.59. The van der Waals surface area contributed by atoms with Crippen molar-refractivity contribution in [2.45, 2.75) is 6.92 Å².